The number of benzene rings is 1. The van der Waals surface area contributed by atoms with Gasteiger partial charge in [-0.15, -0.1) is 11.3 Å². The van der Waals surface area contributed by atoms with Crippen LogP contribution in [0.5, 0.6) is 0 Å². The second-order valence-corrected chi connectivity index (χ2v) is 9.41. The van der Waals surface area contributed by atoms with Crippen molar-refractivity contribution in [2.24, 2.45) is 4.99 Å². The smallest absolute Gasteiger partial charge is 0.191 e. The number of nitrogens with zero attached hydrogens (tertiary/aromatic N) is 3. The van der Waals surface area contributed by atoms with Crippen molar-refractivity contribution in [2.75, 3.05) is 44.7 Å². The van der Waals surface area contributed by atoms with Crippen LogP contribution in [0.15, 0.2) is 46.8 Å². The summed E-state index contributed by atoms with van der Waals surface area (Å²) in [6.07, 6.45) is 4.90. The molecule has 1 aromatic heterocycles. The topological polar surface area (TPSA) is 42.9 Å². The number of piperidine rings is 1. The first kappa shape index (κ1) is 21.2. The van der Waals surface area contributed by atoms with E-state index in [0.29, 0.717) is 12.1 Å². The maximum atomic E-state index is 4.52. The summed E-state index contributed by atoms with van der Waals surface area (Å²) >= 11 is 1.84. The van der Waals surface area contributed by atoms with E-state index in [1.54, 1.807) is 0 Å². The zero-order valence-electron chi connectivity index (χ0n) is 18.3. The number of hydrogen-bond donors (Lipinski definition) is 2. The third-order valence-corrected chi connectivity index (χ3v) is 7.31. The molecule has 6 heteroatoms. The van der Waals surface area contributed by atoms with Gasteiger partial charge < -0.3 is 15.5 Å². The van der Waals surface area contributed by atoms with Gasteiger partial charge in [0.1, 0.15) is 0 Å². The molecule has 0 aliphatic carbocycles. The van der Waals surface area contributed by atoms with E-state index < -0.39 is 0 Å². The molecule has 30 heavy (non-hydrogen) atoms. The summed E-state index contributed by atoms with van der Waals surface area (Å²) in [4.78, 5) is 9.64. The predicted octanol–water partition coefficient (Wildman–Crippen LogP) is 4.03. The van der Waals surface area contributed by atoms with Gasteiger partial charge in [-0.25, -0.2) is 0 Å². The number of anilines is 1. The fourth-order valence-electron chi connectivity index (χ4n) is 4.58. The Balaban J connectivity index is 1.31. The lowest BCUT2D eigenvalue weighted by atomic mass is 10.0. The average Bonchev–Trinajstić information content (AvgIpc) is 3.49. The minimum Gasteiger partial charge on any atom is -0.363 e. The molecule has 3 heterocycles. The van der Waals surface area contributed by atoms with Crippen LogP contribution in [0.4, 0.5) is 5.00 Å². The first-order valence-electron chi connectivity index (χ1n) is 11.3. The first-order valence-corrected chi connectivity index (χ1v) is 12.2. The summed E-state index contributed by atoms with van der Waals surface area (Å²) < 4.78 is 0. The van der Waals surface area contributed by atoms with Gasteiger partial charge in [-0.2, -0.15) is 0 Å². The van der Waals surface area contributed by atoms with Crippen molar-refractivity contribution < 1.29 is 0 Å². The lowest BCUT2D eigenvalue weighted by molar-refractivity contribution is 0.245. The van der Waals surface area contributed by atoms with Crippen molar-refractivity contribution in [3.05, 3.63) is 52.9 Å². The van der Waals surface area contributed by atoms with Gasteiger partial charge in [0.2, 0.25) is 0 Å². The zero-order chi connectivity index (χ0) is 20.8. The molecule has 162 valence electrons. The number of aryl methyl sites for hydroxylation is 1. The second-order valence-electron chi connectivity index (χ2n) is 8.48. The van der Waals surface area contributed by atoms with Gasteiger partial charge in [-0.1, -0.05) is 29.8 Å². The maximum absolute atomic E-state index is 4.52. The van der Waals surface area contributed by atoms with Crippen LogP contribution in [0.1, 0.15) is 42.9 Å². The quantitative estimate of drug-likeness (QED) is 0.542. The van der Waals surface area contributed by atoms with Crippen molar-refractivity contribution in [3.8, 4) is 0 Å². The number of likely N-dealkylation sites (tertiary alicyclic amines) is 1. The number of hydrogen-bond acceptors (Lipinski definition) is 4. The number of aliphatic imine (C=N–C) groups is 1. The van der Waals surface area contributed by atoms with E-state index in [-0.39, 0.29) is 0 Å². The Hall–Kier alpha value is -2.05. The summed E-state index contributed by atoms with van der Waals surface area (Å²) in [5, 5.41) is 10.9. The standard InChI is InChI=1S/C24H35N5S/c1-19-7-9-20(10-8-19)22(28-13-3-4-14-28)18-26-24(25-2)27-21-11-15-29(16-12-21)23-6-5-17-30-23/h5-10,17,21-22H,3-4,11-16,18H2,1-2H3,(H2,25,26,27). The third kappa shape index (κ3) is 5.35. The van der Waals surface area contributed by atoms with Gasteiger partial charge in [-0.05, 0) is 68.8 Å². The minimum absolute atomic E-state index is 0.396. The lowest BCUT2D eigenvalue weighted by Crippen LogP contribution is -2.50. The van der Waals surface area contributed by atoms with E-state index >= 15 is 0 Å². The van der Waals surface area contributed by atoms with Crippen LogP contribution in [-0.4, -0.2) is 56.7 Å². The minimum atomic E-state index is 0.396. The molecule has 0 bridgehead atoms. The van der Waals surface area contributed by atoms with Gasteiger partial charge in [0, 0.05) is 32.7 Å². The normalized spacial score (nSPS) is 19.8. The number of guanidine groups is 1. The Morgan fingerprint density at radius 1 is 1.10 bits per heavy atom. The largest absolute Gasteiger partial charge is 0.363 e. The third-order valence-electron chi connectivity index (χ3n) is 6.38. The van der Waals surface area contributed by atoms with E-state index in [1.165, 1.54) is 42.1 Å². The van der Waals surface area contributed by atoms with Crippen molar-refractivity contribution in [1.29, 1.82) is 0 Å². The summed E-state index contributed by atoms with van der Waals surface area (Å²) in [6.45, 7) is 7.63. The van der Waals surface area contributed by atoms with Crippen LogP contribution in [0.25, 0.3) is 0 Å². The summed E-state index contributed by atoms with van der Waals surface area (Å²) in [5.41, 5.74) is 2.72. The molecule has 1 unspecified atom stereocenters. The molecule has 5 nitrogen and oxygen atoms in total. The zero-order valence-corrected chi connectivity index (χ0v) is 19.1. The van der Waals surface area contributed by atoms with Crippen molar-refractivity contribution in [3.63, 3.8) is 0 Å². The van der Waals surface area contributed by atoms with Crippen LogP contribution in [0, 0.1) is 6.92 Å². The summed E-state index contributed by atoms with van der Waals surface area (Å²) in [5.74, 6) is 0.931. The Kier molecular flexibility index (Phi) is 7.28. The Morgan fingerprint density at radius 3 is 2.47 bits per heavy atom. The van der Waals surface area contributed by atoms with Crippen LogP contribution in [0.3, 0.4) is 0 Å². The van der Waals surface area contributed by atoms with Gasteiger partial charge in [-0.3, -0.25) is 9.89 Å². The maximum Gasteiger partial charge on any atom is 0.191 e. The highest BCUT2D eigenvalue weighted by Gasteiger charge is 2.25. The van der Waals surface area contributed by atoms with E-state index in [1.807, 2.05) is 18.4 Å². The van der Waals surface area contributed by atoms with Crippen LogP contribution in [-0.2, 0) is 0 Å². The first-order chi connectivity index (χ1) is 14.7. The molecule has 1 aromatic carbocycles. The average molecular weight is 426 g/mol. The molecule has 2 aliphatic heterocycles. The van der Waals surface area contributed by atoms with E-state index in [9.17, 15) is 0 Å². The molecule has 2 aromatic rings. The molecule has 2 fully saturated rings. The molecule has 2 aliphatic rings. The van der Waals surface area contributed by atoms with Gasteiger partial charge in [0.15, 0.2) is 5.96 Å². The van der Waals surface area contributed by atoms with E-state index in [4.69, 9.17) is 0 Å². The van der Waals surface area contributed by atoms with Gasteiger partial charge in [0.05, 0.1) is 11.0 Å². The Labute approximate surface area is 185 Å². The summed E-state index contributed by atoms with van der Waals surface area (Å²) in [7, 11) is 1.88. The highest BCUT2D eigenvalue weighted by molar-refractivity contribution is 7.14. The van der Waals surface area contributed by atoms with Crippen LogP contribution in [0.2, 0.25) is 0 Å². The Bertz CT molecular complexity index is 788. The van der Waals surface area contributed by atoms with Gasteiger partial charge in [0.25, 0.3) is 0 Å². The molecule has 2 saturated heterocycles. The van der Waals surface area contributed by atoms with Crippen molar-refractivity contribution >= 4 is 22.3 Å². The van der Waals surface area contributed by atoms with Crippen molar-refractivity contribution in [1.82, 2.24) is 15.5 Å². The molecular formula is C24H35N5S. The fourth-order valence-corrected chi connectivity index (χ4v) is 5.36. The fraction of sp³-hybridized carbons (Fsp3) is 0.542. The van der Waals surface area contributed by atoms with E-state index in [2.05, 4.69) is 74.1 Å². The molecule has 0 saturated carbocycles. The molecule has 0 amide bonds. The van der Waals surface area contributed by atoms with Crippen LogP contribution >= 0.6 is 11.3 Å². The molecule has 0 radical (unpaired) electrons. The molecule has 1 atom stereocenters. The highest BCUT2D eigenvalue weighted by atomic mass is 32.1. The SMILES string of the molecule is CN=C(NCC(c1ccc(C)cc1)N1CCCC1)NC1CCN(c2cccs2)CC1. The predicted molar refractivity (Wildman–Crippen MR) is 129 cm³/mol. The molecular weight excluding hydrogens is 390 g/mol. The molecule has 0 spiro atoms. The van der Waals surface area contributed by atoms with E-state index in [0.717, 1.165) is 38.4 Å². The van der Waals surface area contributed by atoms with Crippen molar-refractivity contribution in [2.45, 2.75) is 44.7 Å². The Morgan fingerprint density at radius 2 is 1.83 bits per heavy atom. The lowest BCUT2D eigenvalue weighted by Gasteiger charge is -2.34. The number of nitrogens with one attached hydrogen (secondary N) is 2. The van der Waals surface area contributed by atoms with Crippen LogP contribution < -0.4 is 15.5 Å². The summed E-state index contributed by atoms with van der Waals surface area (Å²) in [6, 6.07) is 14.3. The monoisotopic (exact) mass is 425 g/mol. The molecule has 4 rings (SSSR count). The second kappa shape index (κ2) is 10.3. The molecule has 2 N–H and O–H groups in total. The number of thiophene rings is 1. The number of rotatable bonds is 6. The highest BCUT2D eigenvalue weighted by Crippen LogP contribution is 2.26. The van der Waals surface area contributed by atoms with Gasteiger partial charge >= 0.3 is 0 Å².